The van der Waals surface area contributed by atoms with Crippen molar-refractivity contribution < 1.29 is 13.2 Å². The number of hydrogen-bond donors (Lipinski definition) is 0. The molecule has 0 radical (unpaired) electrons. The van der Waals surface area contributed by atoms with E-state index in [-0.39, 0.29) is 11.4 Å². The molecule has 2 rings (SSSR count). The Hall–Kier alpha value is -2.40. The monoisotopic (exact) mass is 343 g/mol. The topological polar surface area (TPSA) is 54.5 Å². The molecule has 0 aliphatic carbocycles. The largest absolute Gasteiger partial charge is 0.268 e. The lowest BCUT2D eigenvalue weighted by Crippen LogP contribution is -2.37. The van der Waals surface area contributed by atoms with Gasteiger partial charge in [-0.05, 0) is 44.0 Å². The highest BCUT2D eigenvalue weighted by atomic mass is 32.2. The number of rotatable bonds is 7. The normalized spacial score (nSPS) is 11.0. The van der Waals surface area contributed by atoms with Gasteiger partial charge < -0.3 is 0 Å². The van der Waals surface area contributed by atoms with Crippen molar-refractivity contribution in [3.05, 3.63) is 78.4 Å². The zero-order valence-corrected chi connectivity index (χ0v) is 14.5. The molecule has 0 aliphatic heterocycles. The number of allylic oxidation sites excluding steroid dienone is 1. The minimum absolute atomic E-state index is 0.121. The third-order valence-electron chi connectivity index (χ3n) is 3.63. The van der Waals surface area contributed by atoms with Gasteiger partial charge in [0, 0.05) is 12.1 Å². The summed E-state index contributed by atoms with van der Waals surface area (Å²) >= 11 is 0. The second-order valence-corrected chi connectivity index (χ2v) is 7.35. The zero-order chi connectivity index (χ0) is 17.6. The highest BCUT2D eigenvalue weighted by Crippen LogP contribution is 2.20. The molecule has 5 heteroatoms. The van der Waals surface area contributed by atoms with Gasteiger partial charge >= 0.3 is 0 Å². The van der Waals surface area contributed by atoms with Crippen molar-refractivity contribution in [3.63, 3.8) is 0 Å². The molecule has 0 aliphatic rings. The molecule has 1 amide bonds. The lowest BCUT2D eigenvalue weighted by atomic mass is 10.2. The van der Waals surface area contributed by atoms with E-state index in [0.717, 1.165) is 9.87 Å². The molecule has 4 nitrogen and oxygen atoms in total. The number of nitrogens with zero attached hydrogens (tertiary/aromatic N) is 1. The van der Waals surface area contributed by atoms with E-state index in [1.165, 1.54) is 12.1 Å². The fourth-order valence-electron chi connectivity index (χ4n) is 2.27. The average Bonchev–Trinajstić information content (AvgIpc) is 2.59. The first-order chi connectivity index (χ1) is 11.5. The zero-order valence-electron chi connectivity index (χ0n) is 13.7. The molecule has 0 N–H and O–H groups in total. The summed E-state index contributed by atoms with van der Waals surface area (Å²) in [4.78, 5) is 12.9. The van der Waals surface area contributed by atoms with Crippen molar-refractivity contribution in [2.24, 2.45) is 0 Å². The lowest BCUT2D eigenvalue weighted by Gasteiger charge is -2.22. The molecule has 2 aromatic carbocycles. The van der Waals surface area contributed by atoms with E-state index in [2.05, 4.69) is 6.58 Å². The van der Waals surface area contributed by atoms with Crippen molar-refractivity contribution in [1.82, 2.24) is 4.31 Å². The number of amides is 1. The Kier molecular flexibility index (Phi) is 5.93. The second kappa shape index (κ2) is 7.93. The fraction of sp³-hybridized carbons (Fsp3) is 0.211. The van der Waals surface area contributed by atoms with Gasteiger partial charge in [-0.15, -0.1) is 6.58 Å². The standard InChI is InChI=1S/C19H21NO3S/c1-3-4-8-15-20(19(21)17-9-6-5-7-10-17)24(22,23)18-13-11-16(2)12-14-18/h3,5-7,9-14H,1,4,8,15H2,2H3. The average molecular weight is 343 g/mol. The fourth-order valence-corrected chi connectivity index (χ4v) is 3.70. The molecular formula is C19H21NO3S. The van der Waals surface area contributed by atoms with Gasteiger partial charge in [0.15, 0.2) is 0 Å². The predicted octanol–water partition coefficient (Wildman–Crippen LogP) is 3.79. The van der Waals surface area contributed by atoms with Gasteiger partial charge in [0.25, 0.3) is 15.9 Å². The minimum Gasteiger partial charge on any atom is -0.268 e. The predicted molar refractivity (Wildman–Crippen MR) is 95.3 cm³/mol. The third-order valence-corrected chi connectivity index (χ3v) is 5.42. The molecule has 2 aromatic rings. The SMILES string of the molecule is C=CCCCN(C(=O)c1ccccc1)S(=O)(=O)c1ccc(C)cc1. The van der Waals surface area contributed by atoms with Gasteiger partial charge in [0.2, 0.25) is 0 Å². The van der Waals surface area contributed by atoms with Gasteiger partial charge in [0.1, 0.15) is 0 Å². The molecule has 126 valence electrons. The van der Waals surface area contributed by atoms with Gasteiger partial charge in [-0.25, -0.2) is 12.7 Å². The summed E-state index contributed by atoms with van der Waals surface area (Å²) < 4.78 is 26.8. The van der Waals surface area contributed by atoms with Crippen LogP contribution < -0.4 is 0 Å². The van der Waals surface area contributed by atoms with E-state index >= 15 is 0 Å². The van der Waals surface area contributed by atoms with Gasteiger partial charge in [-0.1, -0.05) is 42.0 Å². The summed E-state index contributed by atoms with van der Waals surface area (Å²) in [6.45, 7) is 5.64. The smallest absolute Gasteiger partial charge is 0.267 e. The number of benzene rings is 2. The Labute approximate surface area is 143 Å². The van der Waals surface area contributed by atoms with Crippen molar-refractivity contribution >= 4 is 15.9 Å². The van der Waals surface area contributed by atoms with E-state index in [4.69, 9.17) is 0 Å². The Morgan fingerprint density at radius 2 is 1.71 bits per heavy atom. The summed E-state index contributed by atoms with van der Waals surface area (Å²) in [7, 11) is -3.90. The summed E-state index contributed by atoms with van der Waals surface area (Å²) in [5.74, 6) is -0.514. The summed E-state index contributed by atoms with van der Waals surface area (Å²) in [6.07, 6.45) is 2.89. The Bertz CT molecular complexity index is 796. The lowest BCUT2D eigenvalue weighted by molar-refractivity contribution is 0.0860. The van der Waals surface area contributed by atoms with Crippen molar-refractivity contribution in [1.29, 1.82) is 0 Å². The Balaban J connectivity index is 2.39. The van der Waals surface area contributed by atoms with Crippen LogP contribution in [0.1, 0.15) is 28.8 Å². The maximum absolute atomic E-state index is 12.9. The van der Waals surface area contributed by atoms with Crippen molar-refractivity contribution in [2.75, 3.05) is 6.54 Å². The number of unbranched alkanes of at least 4 members (excludes halogenated alkanes) is 1. The molecular weight excluding hydrogens is 322 g/mol. The van der Waals surface area contributed by atoms with Gasteiger partial charge in [-0.3, -0.25) is 4.79 Å². The van der Waals surface area contributed by atoms with Crippen LogP contribution in [-0.4, -0.2) is 25.2 Å². The molecule has 0 saturated heterocycles. The quantitative estimate of drug-likeness (QED) is 0.568. The number of sulfonamides is 1. The van der Waals surface area contributed by atoms with E-state index in [1.807, 2.05) is 6.92 Å². The highest BCUT2D eigenvalue weighted by molar-refractivity contribution is 7.89. The first kappa shape index (κ1) is 17.9. The second-order valence-electron chi connectivity index (χ2n) is 5.49. The first-order valence-corrected chi connectivity index (χ1v) is 9.20. The number of carbonyl (C=O) groups is 1. The Morgan fingerprint density at radius 1 is 1.08 bits per heavy atom. The molecule has 0 heterocycles. The van der Waals surface area contributed by atoms with E-state index in [9.17, 15) is 13.2 Å². The van der Waals surface area contributed by atoms with E-state index < -0.39 is 15.9 Å². The van der Waals surface area contributed by atoms with Gasteiger partial charge in [-0.2, -0.15) is 0 Å². The van der Waals surface area contributed by atoms with Crippen LogP contribution >= 0.6 is 0 Å². The van der Waals surface area contributed by atoms with Crippen molar-refractivity contribution in [2.45, 2.75) is 24.7 Å². The summed E-state index contributed by atoms with van der Waals surface area (Å²) in [6, 6.07) is 15.0. The van der Waals surface area contributed by atoms with Crippen LogP contribution in [0.25, 0.3) is 0 Å². The highest BCUT2D eigenvalue weighted by Gasteiger charge is 2.29. The molecule has 0 aromatic heterocycles. The maximum atomic E-state index is 12.9. The number of carbonyl (C=O) groups excluding carboxylic acids is 1. The van der Waals surface area contributed by atoms with Crippen LogP contribution in [0.2, 0.25) is 0 Å². The molecule has 0 unspecified atom stereocenters. The Morgan fingerprint density at radius 3 is 2.29 bits per heavy atom. The van der Waals surface area contributed by atoms with E-state index in [1.54, 1.807) is 48.5 Å². The van der Waals surface area contributed by atoms with Crippen LogP contribution in [0.4, 0.5) is 0 Å². The van der Waals surface area contributed by atoms with E-state index in [0.29, 0.717) is 18.4 Å². The van der Waals surface area contributed by atoms with Crippen molar-refractivity contribution in [3.8, 4) is 0 Å². The minimum atomic E-state index is -3.90. The van der Waals surface area contributed by atoms with Crippen LogP contribution in [0.5, 0.6) is 0 Å². The maximum Gasteiger partial charge on any atom is 0.267 e. The number of aryl methyl sites for hydroxylation is 1. The molecule has 0 spiro atoms. The molecule has 0 atom stereocenters. The molecule has 24 heavy (non-hydrogen) atoms. The summed E-state index contributed by atoms with van der Waals surface area (Å²) in [5, 5.41) is 0. The summed E-state index contributed by atoms with van der Waals surface area (Å²) in [5.41, 5.74) is 1.31. The number of hydrogen-bond acceptors (Lipinski definition) is 3. The first-order valence-electron chi connectivity index (χ1n) is 7.76. The van der Waals surface area contributed by atoms with Gasteiger partial charge in [0.05, 0.1) is 4.90 Å². The molecule has 0 bridgehead atoms. The molecule has 0 fully saturated rings. The molecule has 0 saturated carbocycles. The van der Waals surface area contributed by atoms with Crippen LogP contribution in [0.15, 0.2) is 72.1 Å². The van der Waals surface area contributed by atoms with Crippen LogP contribution in [0.3, 0.4) is 0 Å². The third kappa shape index (κ3) is 4.11. The van der Waals surface area contributed by atoms with Crippen LogP contribution in [0, 0.1) is 6.92 Å². The van der Waals surface area contributed by atoms with Crippen LogP contribution in [-0.2, 0) is 10.0 Å².